The van der Waals surface area contributed by atoms with Crippen LogP contribution in [0.3, 0.4) is 0 Å². The average Bonchev–Trinajstić information content (AvgIpc) is 2.79. The Hall–Kier alpha value is -3.27. The summed E-state index contributed by atoms with van der Waals surface area (Å²) in [5, 5.41) is 3.33. The summed E-state index contributed by atoms with van der Waals surface area (Å²) in [5.74, 6) is 1.04. The molecule has 0 aliphatic carbocycles. The Kier molecular flexibility index (Phi) is 6.10. The zero-order valence-electron chi connectivity index (χ0n) is 16.5. The van der Waals surface area contributed by atoms with E-state index in [1.54, 1.807) is 0 Å². The predicted octanol–water partition coefficient (Wildman–Crippen LogP) is 4.65. The lowest BCUT2D eigenvalue weighted by Crippen LogP contribution is -2.36. The van der Waals surface area contributed by atoms with Crippen molar-refractivity contribution in [1.29, 1.82) is 0 Å². The van der Waals surface area contributed by atoms with Crippen LogP contribution in [0.4, 0.5) is 5.69 Å². The van der Waals surface area contributed by atoms with Gasteiger partial charge in [-0.15, -0.1) is 0 Å². The summed E-state index contributed by atoms with van der Waals surface area (Å²) in [7, 11) is 0. The molecule has 0 unspecified atom stereocenters. The van der Waals surface area contributed by atoms with Crippen molar-refractivity contribution in [3.63, 3.8) is 0 Å². The minimum Gasteiger partial charge on any atom is -0.489 e. The van der Waals surface area contributed by atoms with Gasteiger partial charge >= 0.3 is 0 Å². The summed E-state index contributed by atoms with van der Waals surface area (Å²) in [6.45, 7) is 2.72. The van der Waals surface area contributed by atoms with E-state index < -0.39 is 0 Å². The lowest BCUT2D eigenvalue weighted by Gasteiger charge is -2.29. The highest BCUT2D eigenvalue weighted by atomic mass is 16.5. The minimum absolute atomic E-state index is 0.204. The summed E-state index contributed by atoms with van der Waals surface area (Å²) in [5.41, 5.74) is 4.78. The van der Waals surface area contributed by atoms with Gasteiger partial charge in [0.2, 0.25) is 5.91 Å². The van der Waals surface area contributed by atoms with E-state index in [2.05, 4.69) is 23.5 Å². The molecule has 0 saturated carbocycles. The van der Waals surface area contributed by atoms with Gasteiger partial charge in [0.15, 0.2) is 0 Å². The number of rotatable bonds is 7. The van der Waals surface area contributed by atoms with Crippen molar-refractivity contribution in [2.75, 3.05) is 18.4 Å². The normalized spacial score (nSPS) is 12.9. The number of carbonyl (C=O) groups excluding carboxylic acids is 1. The van der Waals surface area contributed by atoms with Crippen LogP contribution < -0.4 is 10.1 Å². The van der Waals surface area contributed by atoms with Gasteiger partial charge in [-0.2, -0.15) is 0 Å². The molecule has 4 rings (SSSR count). The fourth-order valence-electron chi connectivity index (χ4n) is 3.59. The third kappa shape index (κ3) is 5.17. The SMILES string of the molecule is O=C(CCNc1ccc(OCc2ccccc2)cc1)N1CCc2ccccc2C1. The Bertz CT molecular complexity index is 939. The fraction of sp³-hybridized carbons (Fsp3) is 0.240. The number of amides is 1. The molecule has 3 aromatic rings. The second-order valence-corrected chi connectivity index (χ2v) is 7.31. The third-order valence-corrected chi connectivity index (χ3v) is 5.25. The number of hydrogen-bond acceptors (Lipinski definition) is 3. The van der Waals surface area contributed by atoms with E-state index in [0.29, 0.717) is 19.6 Å². The van der Waals surface area contributed by atoms with Crippen LogP contribution in [0.2, 0.25) is 0 Å². The molecule has 1 N–H and O–H groups in total. The first-order chi connectivity index (χ1) is 14.3. The third-order valence-electron chi connectivity index (χ3n) is 5.25. The molecule has 0 bridgehead atoms. The van der Waals surface area contributed by atoms with Crippen LogP contribution >= 0.6 is 0 Å². The highest BCUT2D eigenvalue weighted by Crippen LogP contribution is 2.20. The van der Waals surface area contributed by atoms with Gasteiger partial charge in [0.1, 0.15) is 12.4 Å². The molecule has 1 aliphatic rings. The van der Waals surface area contributed by atoms with Gasteiger partial charge in [-0.1, -0.05) is 54.6 Å². The number of anilines is 1. The van der Waals surface area contributed by atoms with E-state index in [1.165, 1.54) is 11.1 Å². The molecule has 0 aromatic heterocycles. The standard InChI is InChI=1S/C25H26N2O2/c28-25(27-17-15-21-8-4-5-9-22(21)18-27)14-16-26-23-10-12-24(13-11-23)29-19-20-6-2-1-3-7-20/h1-13,26H,14-19H2. The summed E-state index contributed by atoms with van der Waals surface area (Å²) in [6, 6.07) is 26.4. The molecule has 1 heterocycles. The summed E-state index contributed by atoms with van der Waals surface area (Å²) in [4.78, 5) is 14.5. The Morgan fingerprint density at radius 3 is 2.41 bits per heavy atom. The van der Waals surface area contributed by atoms with Crippen molar-refractivity contribution in [1.82, 2.24) is 4.90 Å². The molecule has 4 nitrogen and oxygen atoms in total. The summed E-state index contributed by atoms with van der Waals surface area (Å²) < 4.78 is 5.81. The molecule has 0 spiro atoms. The van der Waals surface area contributed by atoms with Gasteiger partial charge in [0.05, 0.1) is 0 Å². The lowest BCUT2D eigenvalue weighted by atomic mass is 10.00. The molecule has 0 saturated heterocycles. The second kappa shape index (κ2) is 9.28. The Morgan fingerprint density at radius 1 is 0.897 bits per heavy atom. The summed E-state index contributed by atoms with van der Waals surface area (Å²) in [6.07, 6.45) is 1.44. The van der Waals surface area contributed by atoms with E-state index in [9.17, 15) is 4.79 Å². The fourth-order valence-corrected chi connectivity index (χ4v) is 3.59. The van der Waals surface area contributed by atoms with Crippen LogP contribution in [0.25, 0.3) is 0 Å². The Morgan fingerprint density at radius 2 is 1.62 bits per heavy atom. The van der Waals surface area contributed by atoms with Gasteiger partial charge in [-0.05, 0) is 47.4 Å². The van der Waals surface area contributed by atoms with Crippen molar-refractivity contribution in [2.24, 2.45) is 0 Å². The smallest absolute Gasteiger partial charge is 0.224 e. The number of ether oxygens (including phenoxy) is 1. The van der Waals surface area contributed by atoms with E-state index in [0.717, 1.165) is 36.5 Å². The zero-order chi connectivity index (χ0) is 19.9. The highest BCUT2D eigenvalue weighted by molar-refractivity contribution is 5.77. The molecule has 0 atom stereocenters. The lowest BCUT2D eigenvalue weighted by molar-refractivity contribution is -0.131. The van der Waals surface area contributed by atoms with Crippen LogP contribution in [-0.2, 0) is 24.4 Å². The number of benzene rings is 3. The number of carbonyl (C=O) groups is 1. The molecular formula is C25H26N2O2. The predicted molar refractivity (Wildman–Crippen MR) is 116 cm³/mol. The van der Waals surface area contributed by atoms with Crippen LogP contribution in [0.5, 0.6) is 5.75 Å². The summed E-state index contributed by atoms with van der Waals surface area (Å²) >= 11 is 0. The van der Waals surface area contributed by atoms with E-state index in [1.807, 2.05) is 65.6 Å². The number of nitrogens with one attached hydrogen (secondary N) is 1. The molecule has 1 amide bonds. The van der Waals surface area contributed by atoms with Gasteiger partial charge in [0, 0.05) is 31.7 Å². The maximum atomic E-state index is 12.5. The van der Waals surface area contributed by atoms with Crippen molar-refractivity contribution in [3.8, 4) is 5.75 Å². The van der Waals surface area contributed by atoms with Crippen LogP contribution in [0.1, 0.15) is 23.1 Å². The van der Waals surface area contributed by atoms with Crippen LogP contribution in [0, 0.1) is 0 Å². The van der Waals surface area contributed by atoms with Gasteiger partial charge in [0.25, 0.3) is 0 Å². The molecule has 3 aromatic carbocycles. The van der Waals surface area contributed by atoms with E-state index >= 15 is 0 Å². The molecule has 4 heteroatoms. The Labute approximate surface area is 172 Å². The molecule has 0 fully saturated rings. The first-order valence-corrected chi connectivity index (χ1v) is 10.1. The van der Waals surface area contributed by atoms with Gasteiger partial charge in [-0.3, -0.25) is 4.79 Å². The molecule has 148 valence electrons. The van der Waals surface area contributed by atoms with Gasteiger partial charge in [-0.25, -0.2) is 0 Å². The highest BCUT2D eigenvalue weighted by Gasteiger charge is 2.19. The monoisotopic (exact) mass is 386 g/mol. The van der Waals surface area contributed by atoms with Crippen LogP contribution in [0.15, 0.2) is 78.9 Å². The molecular weight excluding hydrogens is 360 g/mol. The quantitative estimate of drug-likeness (QED) is 0.642. The number of hydrogen-bond donors (Lipinski definition) is 1. The molecule has 1 aliphatic heterocycles. The van der Waals surface area contributed by atoms with Gasteiger partial charge < -0.3 is 15.0 Å². The molecule has 0 radical (unpaired) electrons. The minimum atomic E-state index is 0.204. The van der Waals surface area contributed by atoms with Crippen molar-refractivity contribution in [2.45, 2.75) is 26.0 Å². The topological polar surface area (TPSA) is 41.6 Å². The second-order valence-electron chi connectivity index (χ2n) is 7.31. The van der Waals surface area contributed by atoms with Crippen molar-refractivity contribution >= 4 is 11.6 Å². The van der Waals surface area contributed by atoms with E-state index in [-0.39, 0.29) is 5.91 Å². The van der Waals surface area contributed by atoms with E-state index in [4.69, 9.17) is 4.74 Å². The zero-order valence-corrected chi connectivity index (χ0v) is 16.5. The van der Waals surface area contributed by atoms with Crippen molar-refractivity contribution < 1.29 is 9.53 Å². The average molecular weight is 386 g/mol. The van der Waals surface area contributed by atoms with Crippen LogP contribution in [-0.4, -0.2) is 23.9 Å². The number of nitrogens with zero attached hydrogens (tertiary/aromatic N) is 1. The maximum absolute atomic E-state index is 12.5. The first-order valence-electron chi connectivity index (χ1n) is 10.1. The number of fused-ring (bicyclic) bond motifs is 1. The Balaban J connectivity index is 1.21. The maximum Gasteiger partial charge on any atom is 0.224 e. The first kappa shape index (κ1) is 19.1. The largest absolute Gasteiger partial charge is 0.489 e. The van der Waals surface area contributed by atoms with Crippen molar-refractivity contribution in [3.05, 3.63) is 95.6 Å². The molecule has 29 heavy (non-hydrogen) atoms.